The summed E-state index contributed by atoms with van der Waals surface area (Å²) in [6.45, 7) is 1.27. The van der Waals surface area contributed by atoms with E-state index in [1.165, 1.54) is 28.2 Å². The Hall–Kier alpha value is -1.58. The molecule has 9 heteroatoms. The van der Waals surface area contributed by atoms with Gasteiger partial charge in [0.1, 0.15) is 4.90 Å². The van der Waals surface area contributed by atoms with Crippen molar-refractivity contribution in [2.24, 2.45) is 0 Å². The number of hydrogen-bond donors (Lipinski definition) is 1. The van der Waals surface area contributed by atoms with Crippen LogP contribution in [-0.4, -0.2) is 50.7 Å². The Balaban J connectivity index is 1.63. The Morgan fingerprint density at radius 1 is 1.14 bits per heavy atom. The van der Waals surface area contributed by atoms with Crippen LogP contribution in [0.2, 0.25) is 5.02 Å². The van der Waals surface area contributed by atoms with Crippen molar-refractivity contribution in [3.05, 3.63) is 59.1 Å². The largest absolute Gasteiger partial charge is 0.379 e. The Morgan fingerprint density at radius 3 is 2.57 bits per heavy atom. The van der Waals surface area contributed by atoms with Crippen molar-refractivity contribution in [2.75, 3.05) is 37.4 Å². The van der Waals surface area contributed by atoms with Crippen LogP contribution in [0.4, 0.5) is 5.69 Å². The molecule has 1 amide bonds. The molecule has 0 aliphatic carbocycles. The summed E-state index contributed by atoms with van der Waals surface area (Å²) >= 11 is 7.62. The number of ether oxygens (including phenoxy) is 1. The lowest BCUT2D eigenvalue weighted by Crippen LogP contribution is -2.40. The molecule has 28 heavy (non-hydrogen) atoms. The molecule has 0 atom stereocenters. The molecule has 2 aromatic rings. The van der Waals surface area contributed by atoms with Crippen LogP contribution in [0.15, 0.2) is 53.4 Å². The van der Waals surface area contributed by atoms with Gasteiger partial charge in [0.15, 0.2) is 0 Å². The SMILES string of the molecule is O=C(CSCc1ccccc1)Nc1ccc(Cl)c(S(=O)(=O)N2CCOCC2)c1. The van der Waals surface area contributed by atoms with E-state index in [1.54, 1.807) is 6.07 Å². The zero-order valence-electron chi connectivity index (χ0n) is 15.1. The molecule has 6 nitrogen and oxygen atoms in total. The van der Waals surface area contributed by atoms with E-state index in [-0.39, 0.29) is 34.7 Å². The van der Waals surface area contributed by atoms with Gasteiger partial charge in [-0.3, -0.25) is 4.79 Å². The number of amides is 1. The van der Waals surface area contributed by atoms with Crippen molar-refractivity contribution < 1.29 is 17.9 Å². The predicted molar refractivity (Wildman–Crippen MR) is 112 cm³/mol. The van der Waals surface area contributed by atoms with Crippen LogP contribution in [0.25, 0.3) is 0 Å². The number of halogens is 1. The first-order valence-corrected chi connectivity index (χ1v) is 11.7. The molecule has 0 aromatic heterocycles. The van der Waals surface area contributed by atoms with Gasteiger partial charge in [0, 0.05) is 24.5 Å². The molecule has 150 valence electrons. The van der Waals surface area contributed by atoms with Gasteiger partial charge >= 0.3 is 0 Å². The molecular weight excluding hydrogens is 420 g/mol. The lowest BCUT2D eigenvalue weighted by atomic mass is 10.2. The smallest absolute Gasteiger partial charge is 0.244 e. The van der Waals surface area contributed by atoms with Crippen LogP contribution in [0.1, 0.15) is 5.56 Å². The van der Waals surface area contributed by atoms with Gasteiger partial charge in [0.05, 0.1) is 24.0 Å². The van der Waals surface area contributed by atoms with Crippen LogP contribution < -0.4 is 5.32 Å². The Kier molecular flexibility index (Phi) is 7.36. The molecule has 1 aliphatic heterocycles. The van der Waals surface area contributed by atoms with Gasteiger partial charge in [0.2, 0.25) is 15.9 Å². The van der Waals surface area contributed by atoms with E-state index in [0.29, 0.717) is 18.9 Å². The number of rotatable bonds is 7. The fourth-order valence-electron chi connectivity index (χ4n) is 2.74. The minimum atomic E-state index is -3.74. The summed E-state index contributed by atoms with van der Waals surface area (Å²) < 4.78 is 32.2. The minimum Gasteiger partial charge on any atom is -0.379 e. The molecule has 2 aromatic carbocycles. The summed E-state index contributed by atoms with van der Waals surface area (Å²) in [5.41, 5.74) is 1.55. The summed E-state index contributed by atoms with van der Waals surface area (Å²) in [6.07, 6.45) is 0. The quantitative estimate of drug-likeness (QED) is 0.715. The summed E-state index contributed by atoms with van der Waals surface area (Å²) in [5, 5.41) is 2.87. The third-order valence-corrected chi connectivity index (χ3v) is 7.53. The number of nitrogens with one attached hydrogen (secondary N) is 1. The molecule has 0 radical (unpaired) electrons. The van der Waals surface area contributed by atoms with Crippen LogP contribution in [0.5, 0.6) is 0 Å². The summed E-state index contributed by atoms with van der Waals surface area (Å²) in [4.78, 5) is 12.2. The molecule has 0 unspecified atom stereocenters. The molecule has 1 saturated heterocycles. The Bertz CT molecular complexity index is 917. The average Bonchev–Trinajstić information content (AvgIpc) is 2.71. The highest BCUT2D eigenvalue weighted by Gasteiger charge is 2.28. The maximum atomic E-state index is 12.8. The van der Waals surface area contributed by atoms with Crippen molar-refractivity contribution >= 4 is 45.0 Å². The number of nitrogens with zero attached hydrogens (tertiary/aromatic N) is 1. The Morgan fingerprint density at radius 2 is 1.86 bits per heavy atom. The molecular formula is C19H21ClN2O4S2. The zero-order chi connectivity index (χ0) is 20.0. The van der Waals surface area contributed by atoms with E-state index in [9.17, 15) is 13.2 Å². The number of benzene rings is 2. The van der Waals surface area contributed by atoms with Crippen molar-refractivity contribution in [2.45, 2.75) is 10.6 Å². The second-order valence-electron chi connectivity index (χ2n) is 6.19. The van der Waals surface area contributed by atoms with E-state index >= 15 is 0 Å². The molecule has 0 bridgehead atoms. The highest BCUT2D eigenvalue weighted by molar-refractivity contribution is 7.99. The number of anilines is 1. The number of thioether (sulfide) groups is 1. The number of carbonyl (C=O) groups excluding carboxylic acids is 1. The van der Waals surface area contributed by atoms with Gasteiger partial charge in [-0.05, 0) is 23.8 Å². The number of sulfonamides is 1. The van der Waals surface area contributed by atoms with E-state index in [4.69, 9.17) is 16.3 Å². The van der Waals surface area contributed by atoms with E-state index in [0.717, 1.165) is 11.3 Å². The van der Waals surface area contributed by atoms with Gasteiger partial charge in [-0.25, -0.2) is 8.42 Å². The zero-order valence-corrected chi connectivity index (χ0v) is 17.5. The maximum Gasteiger partial charge on any atom is 0.244 e. The van der Waals surface area contributed by atoms with Crippen molar-refractivity contribution in [3.63, 3.8) is 0 Å². The van der Waals surface area contributed by atoms with Gasteiger partial charge in [-0.15, -0.1) is 11.8 Å². The monoisotopic (exact) mass is 440 g/mol. The molecule has 1 N–H and O–H groups in total. The van der Waals surface area contributed by atoms with Gasteiger partial charge in [-0.1, -0.05) is 41.9 Å². The summed E-state index contributed by atoms with van der Waals surface area (Å²) in [7, 11) is -3.74. The minimum absolute atomic E-state index is 0.00851. The first-order valence-electron chi connectivity index (χ1n) is 8.76. The van der Waals surface area contributed by atoms with E-state index in [2.05, 4.69) is 5.32 Å². The average molecular weight is 441 g/mol. The number of morpholine rings is 1. The second kappa shape index (κ2) is 9.76. The third kappa shape index (κ3) is 5.48. The Labute approximate surface area is 174 Å². The molecule has 0 spiro atoms. The van der Waals surface area contributed by atoms with Crippen molar-refractivity contribution in [1.82, 2.24) is 4.31 Å². The third-order valence-electron chi connectivity index (χ3n) is 4.15. The predicted octanol–water partition coefficient (Wildman–Crippen LogP) is 3.23. The lowest BCUT2D eigenvalue weighted by Gasteiger charge is -2.26. The maximum absolute atomic E-state index is 12.8. The topological polar surface area (TPSA) is 75.7 Å². The van der Waals surface area contributed by atoms with Crippen LogP contribution >= 0.6 is 23.4 Å². The summed E-state index contributed by atoms with van der Waals surface area (Å²) in [5.74, 6) is 0.798. The second-order valence-corrected chi connectivity index (χ2v) is 9.49. The normalized spacial score (nSPS) is 15.3. The van der Waals surface area contributed by atoms with E-state index < -0.39 is 10.0 Å². The number of carbonyl (C=O) groups is 1. The molecule has 0 saturated carbocycles. The molecule has 1 heterocycles. The molecule has 1 fully saturated rings. The lowest BCUT2D eigenvalue weighted by molar-refractivity contribution is -0.113. The van der Waals surface area contributed by atoms with Crippen molar-refractivity contribution in [3.8, 4) is 0 Å². The number of hydrogen-bond acceptors (Lipinski definition) is 5. The van der Waals surface area contributed by atoms with Gasteiger partial charge in [0.25, 0.3) is 0 Å². The van der Waals surface area contributed by atoms with Gasteiger partial charge in [-0.2, -0.15) is 4.31 Å². The van der Waals surface area contributed by atoms with Crippen LogP contribution in [-0.2, 0) is 25.3 Å². The fourth-order valence-corrected chi connectivity index (χ4v) is 5.43. The first kappa shape index (κ1) is 21.1. The fraction of sp³-hybridized carbons (Fsp3) is 0.316. The molecule has 3 rings (SSSR count). The molecule has 1 aliphatic rings. The van der Waals surface area contributed by atoms with Crippen LogP contribution in [0, 0.1) is 0 Å². The highest BCUT2D eigenvalue weighted by Crippen LogP contribution is 2.28. The van der Waals surface area contributed by atoms with Crippen molar-refractivity contribution in [1.29, 1.82) is 0 Å². The first-order chi connectivity index (χ1) is 13.5. The standard InChI is InChI=1S/C19H21ClN2O4S2/c20-17-7-6-16(12-18(17)28(24,25)22-8-10-26-11-9-22)21-19(23)14-27-13-15-4-2-1-3-5-15/h1-7,12H,8-11,13-14H2,(H,21,23). The van der Waals surface area contributed by atoms with E-state index in [1.807, 2.05) is 30.3 Å². The summed E-state index contributed by atoms with van der Waals surface area (Å²) in [6, 6.07) is 14.4. The highest BCUT2D eigenvalue weighted by atomic mass is 35.5. The van der Waals surface area contributed by atoms with Gasteiger partial charge < -0.3 is 10.1 Å². The van der Waals surface area contributed by atoms with Crippen LogP contribution in [0.3, 0.4) is 0 Å².